The van der Waals surface area contributed by atoms with Crippen LogP contribution in [0.25, 0.3) is 21.9 Å². The van der Waals surface area contributed by atoms with Crippen molar-refractivity contribution in [2.24, 2.45) is 13.0 Å². The topological polar surface area (TPSA) is 63.5 Å². The first-order valence-corrected chi connectivity index (χ1v) is 13.5. The number of carbonyl (C=O) groups excluding carboxylic acids is 1. The first-order valence-electron chi connectivity index (χ1n) is 13.5. The fourth-order valence-electron chi connectivity index (χ4n) is 5.69. The molecule has 0 amide bonds. The fourth-order valence-corrected chi connectivity index (χ4v) is 5.69. The number of hydrogen-bond donors (Lipinski definition) is 0. The van der Waals surface area contributed by atoms with Crippen molar-refractivity contribution in [2.75, 3.05) is 46.4 Å². The molecule has 0 unspecified atom stereocenters. The van der Waals surface area contributed by atoms with Crippen LogP contribution in [-0.2, 0) is 29.5 Å². The summed E-state index contributed by atoms with van der Waals surface area (Å²) in [5.74, 6) is 0.459. The zero-order chi connectivity index (χ0) is 24.9. The number of benzene rings is 1. The van der Waals surface area contributed by atoms with Gasteiger partial charge in [0.1, 0.15) is 5.78 Å². The van der Waals surface area contributed by atoms with Crippen LogP contribution in [0.3, 0.4) is 0 Å². The van der Waals surface area contributed by atoms with E-state index in [2.05, 4.69) is 44.1 Å². The number of Topliss-reactive ketones (excluding diaryl/α,β-unsaturated/α-hetero) is 1. The van der Waals surface area contributed by atoms with Crippen LogP contribution in [-0.4, -0.2) is 76.8 Å². The van der Waals surface area contributed by atoms with Crippen LogP contribution in [0.5, 0.6) is 0 Å². The highest BCUT2D eigenvalue weighted by molar-refractivity contribution is 5.89. The van der Waals surface area contributed by atoms with E-state index in [1.807, 2.05) is 24.1 Å². The lowest BCUT2D eigenvalue weighted by molar-refractivity contribution is -0.123. The highest BCUT2D eigenvalue weighted by Gasteiger charge is 2.25. The van der Waals surface area contributed by atoms with E-state index in [9.17, 15) is 4.79 Å². The van der Waals surface area contributed by atoms with Gasteiger partial charge in [-0.1, -0.05) is 18.6 Å². The normalized spacial score (nSPS) is 18.2. The van der Waals surface area contributed by atoms with Gasteiger partial charge in [0, 0.05) is 62.4 Å². The van der Waals surface area contributed by atoms with Crippen molar-refractivity contribution >= 4 is 16.6 Å². The summed E-state index contributed by atoms with van der Waals surface area (Å²) < 4.78 is 7.21. The Hall–Kier alpha value is -2.61. The Balaban J connectivity index is 1.29. The van der Waals surface area contributed by atoms with E-state index < -0.39 is 0 Å². The van der Waals surface area contributed by atoms with Crippen LogP contribution in [0.15, 0.2) is 36.7 Å². The molecule has 2 aliphatic rings. The van der Waals surface area contributed by atoms with Crippen LogP contribution in [0.4, 0.5) is 0 Å². The van der Waals surface area contributed by atoms with Gasteiger partial charge < -0.3 is 9.64 Å². The van der Waals surface area contributed by atoms with Crippen molar-refractivity contribution < 1.29 is 9.53 Å². The molecule has 0 atom stereocenters. The summed E-state index contributed by atoms with van der Waals surface area (Å²) in [6.07, 6.45) is 10.1. The molecule has 7 heteroatoms. The molecule has 0 aliphatic carbocycles. The summed E-state index contributed by atoms with van der Waals surface area (Å²) in [6, 6.07) is 8.64. The lowest BCUT2D eigenvalue weighted by Crippen LogP contribution is -2.38. The molecule has 3 aromatic rings. The Morgan fingerprint density at radius 3 is 2.58 bits per heavy atom. The number of likely N-dealkylation sites (tertiary alicyclic amines) is 2. The maximum Gasteiger partial charge on any atom is 0.142 e. The Labute approximate surface area is 214 Å². The van der Waals surface area contributed by atoms with Gasteiger partial charge in [0.05, 0.1) is 18.5 Å². The minimum Gasteiger partial charge on any atom is -0.383 e. The predicted molar refractivity (Wildman–Crippen MR) is 143 cm³/mol. The molecule has 2 aliphatic heterocycles. The number of ketones is 1. The molecule has 0 N–H and O–H groups in total. The smallest absolute Gasteiger partial charge is 0.142 e. The molecule has 192 valence electrons. The Kier molecular flexibility index (Phi) is 8.09. The minimum atomic E-state index is 0.139. The van der Waals surface area contributed by atoms with Crippen molar-refractivity contribution in [1.82, 2.24) is 24.6 Å². The highest BCUT2D eigenvalue weighted by Crippen LogP contribution is 2.29. The SMILES string of the molecule is COCCN1CCC(C(=O)Cc2cc3cc(-c4cnn(C)c4CN4CCCCC4)ccc3cn2)CC1. The second kappa shape index (κ2) is 11.6. The first kappa shape index (κ1) is 25.1. The number of carbonyl (C=O) groups is 1. The summed E-state index contributed by atoms with van der Waals surface area (Å²) in [7, 11) is 3.78. The third-order valence-corrected chi connectivity index (χ3v) is 7.98. The Morgan fingerprint density at radius 2 is 1.81 bits per heavy atom. The third-order valence-electron chi connectivity index (χ3n) is 7.98. The molecule has 1 aromatic carbocycles. The van der Waals surface area contributed by atoms with Gasteiger partial charge in [-0.2, -0.15) is 5.10 Å². The van der Waals surface area contributed by atoms with Crippen molar-refractivity contribution in [3.05, 3.63) is 48.0 Å². The maximum absolute atomic E-state index is 13.1. The van der Waals surface area contributed by atoms with Gasteiger partial charge in [-0.25, -0.2) is 0 Å². The van der Waals surface area contributed by atoms with Crippen LogP contribution in [0.1, 0.15) is 43.5 Å². The quantitative estimate of drug-likeness (QED) is 0.451. The van der Waals surface area contributed by atoms with Crippen molar-refractivity contribution in [3.8, 4) is 11.1 Å². The molecular weight excluding hydrogens is 450 g/mol. The van der Waals surface area contributed by atoms with Gasteiger partial charge >= 0.3 is 0 Å². The molecule has 5 rings (SSSR count). The number of fused-ring (bicyclic) bond motifs is 1. The second-order valence-electron chi connectivity index (χ2n) is 10.5. The van der Waals surface area contributed by atoms with Crippen LogP contribution < -0.4 is 0 Å². The number of piperidine rings is 2. The van der Waals surface area contributed by atoms with Crippen molar-refractivity contribution in [1.29, 1.82) is 0 Å². The molecule has 0 radical (unpaired) electrons. The van der Waals surface area contributed by atoms with E-state index in [0.29, 0.717) is 12.2 Å². The van der Waals surface area contributed by atoms with Crippen LogP contribution in [0.2, 0.25) is 0 Å². The van der Waals surface area contributed by atoms with Crippen molar-refractivity contribution in [3.63, 3.8) is 0 Å². The number of hydrogen-bond acceptors (Lipinski definition) is 6. The molecule has 0 saturated carbocycles. The zero-order valence-electron chi connectivity index (χ0n) is 21.8. The molecule has 4 heterocycles. The molecule has 2 aromatic heterocycles. The highest BCUT2D eigenvalue weighted by atomic mass is 16.5. The average Bonchev–Trinajstić information content (AvgIpc) is 3.27. The fraction of sp³-hybridized carbons (Fsp3) is 0.552. The summed E-state index contributed by atoms with van der Waals surface area (Å²) in [4.78, 5) is 22.6. The first-order chi connectivity index (χ1) is 17.6. The van der Waals surface area contributed by atoms with Gasteiger partial charge in [0.25, 0.3) is 0 Å². The molecule has 2 fully saturated rings. The van der Waals surface area contributed by atoms with E-state index in [1.54, 1.807) is 7.11 Å². The largest absolute Gasteiger partial charge is 0.383 e. The van der Waals surface area contributed by atoms with E-state index in [0.717, 1.165) is 75.2 Å². The maximum atomic E-state index is 13.1. The number of pyridine rings is 1. The molecule has 36 heavy (non-hydrogen) atoms. The number of rotatable bonds is 9. The summed E-state index contributed by atoms with van der Waals surface area (Å²) in [6.45, 7) is 6.90. The van der Waals surface area contributed by atoms with E-state index in [-0.39, 0.29) is 5.92 Å². The number of aryl methyl sites for hydroxylation is 1. The number of nitrogens with zero attached hydrogens (tertiary/aromatic N) is 5. The Morgan fingerprint density at radius 1 is 1.00 bits per heavy atom. The standard InChI is InChI=1S/C29H39N5O2/c1-32-28(21-34-10-4-3-5-11-34)27(20-31-32)23-6-7-24-19-30-26(17-25(24)16-23)18-29(35)22-8-12-33(13-9-22)14-15-36-2/h6-7,16-17,19-20,22H,3-5,8-15,18,21H2,1-2H3. The predicted octanol–water partition coefficient (Wildman–Crippen LogP) is 4.09. The van der Waals surface area contributed by atoms with E-state index in [4.69, 9.17) is 4.74 Å². The number of methoxy groups -OCH3 is 1. The number of ether oxygens (including phenoxy) is 1. The zero-order valence-corrected chi connectivity index (χ0v) is 21.8. The third kappa shape index (κ3) is 5.85. The minimum absolute atomic E-state index is 0.139. The lowest BCUT2D eigenvalue weighted by atomic mass is 9.90. The van der Waals surface area contributed by atoms with Gasteiger partial charge in [0.15, 0.2) is 0 Å². The monoisotopic (exact) mass is 489 g/mol. The summed E-state index contributed by atoms with van der Waals surface area (Å²) >= 11 is 0. The number of aromatic nitrogens is 3. The van der Waals surface area contributed by atoms with Gasteiger partial charge in [0.2, 0.25) is 0 Å². The van der Waals surface area contributed by atoms with Crippen LogP contribution >= 0.6 is 0 Å². The molecule has 7 nitrogen and oxygen atoms in total. The van der Waals surface area contributed by atoms with Gasteiger partial charge in [-0.3, -0.25) is 19.4 Å². The molecule has 0 spiro atoms. The summed E-state index contributed by atoms with van der Waals surface area (Å²) in [5, 5.41) is 6.82. The van der Waals surface area contributed by atoms with Gasteiger partial charge in [-0.05, 0) is 74.9 Å². The average molecular weight is 490 g/mol. The van der Waals surface area contributed by atoms with E-state index >= 15 is 0 Å². The molecular formula is C29H39N5O2. The molecule has 0 bridgehead atoms. The van der Waals surface area contributed by atoms with E-state index in [1.165, 1.54) is 36.1 Å². The summed E-state index contributed by atoms with van der Waals surface area (Å²) in [5.41, 5.74) is 4.50. The van der Waals surface area contributed by atoms with Crippen molar-refractivity contribution in [2.45, 2.75) is 45.1 Å². The second-order valence-corrected chi connectivity index (χ2v) is 10.5. The Bertz CT molecular complexity index is 1180. The van der Waals surface area contributed by atoms with Gasteiger partial charge in [-0.15, -0.1) is 0 Å². The van der Waals surface area contributed by atoms with Crippen LogP contribution in [0, 0.1) is 5.92 Å². The lowest BCUT2D eigenvalue weighted by Gasteiger charge is -2.30. The molecule has 2 saturated heterocycles.